The van der Waals surface area contributed by atoms with Gasteiger partial charge in [0.1, 0.15) is 11.1 Å². The number of carbonyl (C=O) groups excluding carboxylic acids is 2. The van der Waals surface area contributed by atoms with Crippen molar-refractivity contribution in [2.45, 2.75) is 31.3 Å². The highest BCUT2D eigenvalue weighted by Gasteiger charge is 2.34. The number of thioether (sulfide) groups is 1. The summed E-state index contributed by atoms with van der Waals surface area (Å²) < 4.78 is 5.42. The van der Waals surface area contributed by atoms with Crippen LogP contribution in [-0.2, 0) is 17.8 Å². The van der Waals surface area contributed by atoms with E-state index in [1.807, 2.05) is 64.4 Å². The van der Waals surface area contributed by atoms with Crippen molar-refractivity contribution in [2.75, 3.05) is 10.7 Å². The van der Waals surface area contributed by atoms with Gasteiger partial charge in [-0.05, 0) is 54.8 Å². The molecule has 5 rings (SSSR count). The summed E-state index contributed by atoms with van der Waals surface area (Å²) in [6, 6.07) is 19.6. The standard InChI is InChI=1S/C24H22N2O3S/c1-16-13-19-5-2-3-7-21(19)26(16)23(28)17-8-10-18(11-9-17)24-25(22(27)15-30-24)14-20-6-4-12-29-20/h2-12,16,24H,13-15H2,1H3/t16-,24-/m1/s1. The van der Waals surface area contributed by atoms with E-state index in [4.69, 9.17) is 4.42 Å². The third kappa shape index (κ3) is 3.31. The summed E-state index contributed by atoms with van der Waals surface area (Å²) in [5.41, 5.74) is 3.89. The molecule has 1 fully saturated rings. The number of furan rings is 1. The van der Waals surface area contributed by atoms with Gasteiger partial charge in [0.2, 0.25) is 5.91 Å². The number of anilines is 1. The zero-order valence-corrected chi connectivity index (χ0v) is 17.5. The van der Waals surface area contributed by atoms with Gasteiger partial charge >= 0.3 is 0 Å². The van der Waals surface area contributed by atoms with E-state index in [9.17, 15) is 9.59 Å². The van der Waals surface area contributed by atoms with Crippen LogP contribution in [-0.4, -0.2) is 28.5 Å². The van der Waals surface area contributed by atoms with Gasteiger partial charge in [-0.3, -0.25) is 9.59 Å². The van der Waals surface area contributed by atoms with Crippen LogP contribution in [0.2, 0.25) is 0 Å². The Balaban J connectivity index is 1.37. The number of fused-ring (bicyclic) bond motifs is 1. The molecule has 3 aromatic rings. The molecule has 2 amide bonds. The van der Waals surface area contributed by atoms with E-state index in [2.05, 4.69) is 13.0 Å². The lowest BCUT2D eigenvalue weighted by Crippen LogP contribution is -2.35. The third-order valence-electron chi connectivity index (χ3n) is 5.74. The first-order valence-corrected chi connectivity index (χ1v) is 11.1. The fourth-order valence-corrected chi connectivity index (χ4v) is 5.46. The molecule has 0 bridgehead atoms. The van der Waals surface area contributed by atoms with Crippen LogP contribution < -0.4 is 4.90 Å². The Morgan fingerprint density at radius 3 is 2.67 bits per heavy atom. The van der Waals surface area contributed by atoms with E-state index in [1.54, 1.807) is 18.0 Å². The number of hydrogen-bond acceptors (Lipinski definition) is 4. The van der Waals surface area contributed by atoms with Gasteiger partial charge in [0.25, 0.3) is 5.91 Å². The lowest BCUT2D eigenvalue weighted by Gasteiger charge is -2.25. The van der Waals surface area contributed by atoms with Gasteiger partial charge in [-0.2, -0.15) is 0 Å². The molecule has 152 valence electrons. The minimum Gasteiger partial charge on any atom is -0.467 e. The van der Waals surface area contributed by atoms with E-state index in [0.717, 1.165) is 23.4 Å². The maximum atomic E-state index is 13.2. The molecule has 2 atom stereocenters. The summed E-state index contributed by atoms with van der Waals surface area (Å²) in [7, 11) is 0. The first kappa shape index (κ1) is 19.0. The van der Waals surface area contributed by atoms with Crippen LogP contribution in [0.4, 0.5) is 5.69 Å². The van der Waals surface area contributed by atoms with Gasteiger partial charge in [0.05, 0.1) is 18.6 Å². The van der Waals surface area contributed by atoms with Crippen molar-refractivity contribution in [1.82, 2.24) is 4.90 Å². The molecule has 0 aliphatic carbocycles. The van der Waals surface area contributed by atoms with E-state index in [-0.39, 0.29) is 23.2 Å². The van der Waals surface area contributed by atoms with Crippen LogP contribution in [0.5, 0.6) is 0 Å². The molecule has 0 N–H and O–H groups in total. The Morgan fingerprint density at radius 1 is 1.10 bits per heavy atom. The minimum absolute atomic E-state index is 0.0154. The summed E-state index contributed by atoms with van der Waals surface area (Å²) in [6.45, 7) is 2.53. The van der Waals surface area contributed by atoms with Crippen molar-refractivity contribution < 1.29 is 14.0 Å². The summed E-state index contributed by atoms with van der Waals surface area (Å²) in [5.74, 6) is 1.34. The average Bonchev–Trinajstić information content (AvgIpc) is 3.47. The molecule has 3 heterocycles. The second-order valence-corrected chi connectivity index (χ2v) is 8.81. The van der Waals surface area contributed by atoms with Crippen molar-refractivity contribution in [3.63, 3.8) is 0 Å². The predicted octanol–water partition coefficient (Wildman–Crippen LogP) is 4.65. The summed E-state index contributed by atoms with van der Waals surface area (Å²) in [5, 5.41) is -0.0711. The summed E-state index contributed by atoms with van der Waals surface area (Å²) in [6.07, 6.45) is 2.50. The SMILES string of the molecule is C[C@@H]1Cc2ccccc2N1C(=O)c1ccc([C@H]2SCC(=O)N2Cc2ccco2)cc1. The molecule has 30 heavy (non-hydrogen) atoms. The Morgan fingerprint density at radius 2 is 1.90 bits per heavy atom. The maximum absolute atomic E-state index is 13.2. The normalized spacial score (nSPS) is 20.6. The van der Waals surface area contributed by atoms with Crippen LogP contribution in [0.1, 0.15) is 39.5 Å². The van der Waals surface area contributed by atoms with Crippen LogP contribution in [0.3, 0.4) is 0 Å². The summed E-state index contributed by atoms with van der Waals surface area (Å²) in [4.78, 5) is 29.3. The smallest absolute Gasteiger partial charge is 0.258 e. The molecule has 0 radical (unpaired) electrons. The number of hydrogen-bond donors (Lipinski definition) is 0. The van der Waals surface area contributed by atoms with Crippen molar-refractivity contribution in [2.24, 2.45) is 0 Å². The third-order valence-corrected chi connectivity index (χ3v) is 7.00. The molecular formula is C24H22N2O3S. The second-order valence-electron chi connectivity index (χ2n) is 7.74. The van der Waals surface area contributed by atoms with Gasteiger partial charge in [0.15, 0.2) is 0 Å². The van der Waals surface area contributed by atoms with Gasteiger partial charge in [-0.15, -0.1) is 11.8 Å². The molecule has 2 aliphatic rings. The van der Waals surface area contributed by atoms with Gasteiger partial charge in [-0.1, -0.05) is 30.3 Å². The fourth-order valence-electron chi connectivity index (χ4n) is 4.28. The van der Waals surface area contributed by atoms with E-state index >= 15 is 0 Å². The first-order valence-electron chi connectivity index (χ1n) is 10.1. The quantitative estimate of drug-likeness (QED) is 0.619. The molecule has 0 unspecified atom stereocenters. The molecule has 1 aromatic heterocycles. The largest absolute Gasteiger partial charge is 0.467 e. The van der Waals surface area contributed by atoms with Crippen molar-refractivity contribution in [3.05, 3.63) is 89.4 Å². The monoisotopic (exact) mass is 418 g/mol. The van der Waals surface area contributed by atoms with Gasteiger partial charge in [0, 0.05) is 17.3 Å². The molecule has 5 nitrogen and oxygen atoms in total. The van der Waals surface area contributed by atoms with E-state index in [0.29, 0.717) is 17.9 Å². The molecule has 1 saturated heterocycles. The zero-order chi connectivity index (χ0) is 20.7. The highest BCUT2D eigenvalue weighted by Crippen LogP contribution is 2.40. The van der Waals surface area contributed by atoms with Crippen LogP contribution in [0, 0.1) is 0 Å². The topological polar surface area (TPSA) is 53.8 Å². The van der Waals surface area contributed by atoms with Crippen molar-refractivity contribution >= 4 is 29.3 Å². The maximum Gasteiger partial charge on any atom is 0.258 e. The lowest BCUT2D eigenvalue weighted by molar-refractivity contribution is -0.128. The molecule has 0 saturated carbocycles. The second kappa shape index (κ2) is 7.69. The summed E-state index contributed by atoms with van der Waals surface area (Å²) >= 11 is 1.60. The molecule has 0 spiro atoms. The number of para-hydroxylation sites is 1. The molecule has 2 aliphatic heterocycles. The zero-order valence-electron chi connectivity index (χ0n) is 16.7. The van der Waals surface area contributed by atoms with E-state index in [1.165, 1.54) is 5.56 Å². The number of benzene rings is 2. The highest BCUT2D eigenvalue weighted by atomic mass is 32.2. The fraction of sp³-hybridized carbons (Fsp3) is 0.250. The van der Waals surface area contributed by atoms with Crippen LogP contribution in [0.25, 0.3) is 0 Å². The Kier molecular flexibility index (Phi) is 4.87. The first-order chi connectivity index (χ1) is 14.6. The molecule has 2 aromatic carbocycles. The van der Waals surface area contributed by atoms with E-state index < -0.39 is 0 Å². The lowest BCUT2D eigenvalue weighted by atomic mass is 10.1. The van der Waals surface area contributed by atoms with Crippen LogP contribution >= 0.6 is 11.8 Å². The Hall–Kier alpha value is -2.99. The number of carbonyl (C=O) groups is 2. The minimum atomic E-state index is -0.0711. The van der Waals surface area contributed by atoms with Crippen molar-refractivity contribution in [1.29, 1.82) is 0 Å². The Bertz CT molecular complexity index is 1080. The number of nitrogens with zero attached hydrogens (tertiary/aromatic N) is 2. The molecule has 6 heteroatoms. The average molecular weight is 419 g/mol. The predicted molar refractivity (Wildman–Crippen MR) is 117 cm³/mol. The van der Waals surface area contributed by atoms with Crippen LogP contribution in [0.15, 0.2) is 71.3 Å². The molecular weight excluding hydrogens is 396 g/mol. The Labute approximate surface area is 179 Å². The van der Waals surface area contributed by atoms with Gasteiger partial charge < -0.3 is 14.2 Å². The van der Waals surface area contributed by atoms with Gasteiger partial charge in [-0.25, -0.2) is 0 Å². The number of rotatable bonds is 4. The van der Waals surface area contributed by atoms with Crippen molar-refractivity contribution in [3.8, 4) is 0 Å². The highest BCUT2D eigenvalue weighted by molar-refractivity contribution is 8.00. The number of amides is 2.